The van der Waals surface area contributed by atoms with Gasteiger partial charge in [-0.2, -0.15) is 0 Å². The number of piperidine rings is 1. The van der Waals surface area contributed by atoms with Crippen LogP contribution in [0.2, 0.25) is 0 Å². The third-order valence-electron chi connectivity index (χ3n) is 3.46. The van der Waals surface area contributed by atoms with Crippen LogP contribution < -0.4 is 5.32 Å². The normalized spacial score (nSPS) is 38.8. The van der Waals surface area contributed by atoms with Gasteiger partial charge in [-0.15, -0.1) is 0 Å². The van der Waals surface area contributed by atoms with E-state index < -0.39 is 0 Å². The molecule has 2 fully saturated rings. The Labute approximate surface area is 75.3 Å². The van der Waals surface area contributed by atoms with Crippen LogP contribution in [0.25, 0.3) is 0 Å². The van der Waals surface area contributed by atoms with Crippen LogP contribution in [0.15, 0.2) is 0 Å². The Morgan fingerprint density at radius 2 is 2.17 bits per heavy atom. The van der Waals surface area contributed by atoms with E-state index in [0.29, 0.717) is 0 Å². The van der Waals surface area contributed by atoms with Crippen LogP contribution in [-0.2, 0) is 0 Å². The highest BCUT2D eigenvalue weighted by Gasteiger charge is 2.29. The van der Waals surface area contributed by atoms with Crippen LogP contribution in [0.1, 0.15) is 25.7 Å². The van der Waals surface area contributed by atoms with E-state index in [9.17, 15) is 0 Å². The predicted octanol–water partition coefficient (Wildman–Crippen LogP) is 1.08. The summed E-state index contributed by atoms with van der Waals surface area (Å²) in [6.45, 7) is 3.82. The van der Waals surface area contributed by atoms with Gasteiger partial charge in [-0.3, -0.25) is 0 Å². The van der Waals surface area contributed by atoms with Gasteiger partial charge in [0.1, 0.15) is 0 Å². The molecule has 2 heteroatoms. The van der Waals surface area contributed by atoms with Gasteiger partial charge in [-0.05, 0) is 58.3 Å². The zero-order valence-electron chi connectivity index (χ0n) is 8.05. The van der Waals surface area contributed by atoms with Gasteiger partial charge in [0.2, 0.25) is 0 Å². The number of nitrogens with zero attached hydrogens (tertiary/aromatic N) is 1. The van der Waals surface area contributed by atoms with Crippen molar-refractivity contribution in [2.24, 2.45) is 5.92 Å². The van der Waals surface area contributed by atoms with Gasteiger partial charge in [-0.25, -0.2) is 0 Å². The fraction of sp³-hybridized carbons (Fsp3) is 1.00. The molecule has 0 saturated carbocycles. The van der Waals surface area contributed by atoms with Crippen molar-refractivity contribution in [2.45, 2.75) is 31.7 Å². The van der Waals surface area contributed by atoms with Crippen molar-refractivity contribution in [1.29, 1.82) is 0 Å². The molecular formula is C10H20N2. The van der Waals surface area contributed by atoms with Gasteiger partial charge in [0.25, 0.3) is 0 Å². The lowest BCUT2D eigenvalue weighted by atomic mass is 9.90. The zero-order valence-corrected chi connectivity index (χ0v) is 8.05. The summed E-state index contributed by atoms with van der Waals surface area (Å²) in [4.78, 5) is 2.55. The molecule has 0 aliphatic carbocycles. The SMILES string of the molecule is CN1CCC[C@H]1[C@@H]1CCCNC1. The van der Waals surface area contributed by atoms with Gasteiger partial charge < -0.3 is 10.2 Å². The van der Waals surface area contributed by atoms with E-state index in [-0.39, 0.29) is 0 Å². The standard InChI is InChI=1S/C10H20N2/c1-12-7-3-5-10(12)9-4-2-6-11-8-9/h9-11H,2-8H2,1H3/t9-,10+/m1/s1. The van der Waals surface area contributed by atoms with Gasteiger partial charge in [0.05, 0.1) is 0 Å². The summed E-state index contributed by atoms with van der Waals surface area (Å²) in [5.41, 5.74) is 0. The molecule has 0 aromatic rings. The van der Waals surface area contributed by atoms with Crippen LogP contribution >= 0.6 is 0 Å². The van der Waals surface area contributed by atoms with Crippen molar-refractivity contribution < 1.29 is 0 Å². The highest BCUT2D eigenvalue weighted by atomic mass is 15.2. The Morgan fingerprint density at radius 3 is 2.75 bits per heavy atom. The number of hydrogen-bond acceptors (Lipinski definition) is 2. The van der Waals surface area contributed by atoms with Gasteiger partial charge in [0, 0.05) is 6.04 Å². The third kappa shape index (κ3) is 1.64. The second-order valence-corrected chi connectivity index (χ2v) is 4.30. The van der Waals surface area contributed by atoms with Crippen molar-refractivity contribution in [1.82, 2.24) is 10.2 Å². The molecule has 2 heterocycles. The first-order valence-corrected chi connectivity index (χ1v) is 5.29. The Hall–Kier alpha value is -0.0800. The van der Waals surface area contributed by atoms with Crippen molar-refractivity contribution in [3.63, 3.8) is 0 Å². The lowest BCUT2D eigenvalue weighted by Gasteiger charge is -2.32. The van der Waals surface area contributed by atoms with Crippen LogP contribution in [0, 0.1) is 5.92 Å². The lowest BCUT2D eigenvalue weighted by molar-refractivity contribution is 0.195. The molecule has 0 aromatic heterocycles. The number of nitrogens with one attached hydrogen (secondary N) is 1. The second-order valence-electron chi connectivity index (χ2n) is 4.30. The van der Waals surface area contributed by atoms with Crippen LogP contribution in [0.4, 0.5) is 0 Å². The first kappa shape index (κ1) is 8.52. The molecule has 12 heavy (non-hydrogen) atoms. The van der Waals surface area contributed by atoms with E-state index in [2.05, 4.69) is 17.3 Å². The Morgan fingerprint density at radius 1 is 1.25 bits per heavy atom. The summed E-state index contributed by atoms with van der Waals surface area (Å²) >= 11 is 0. The van der Waals surface area contributed by atoms with Gasteiger partial charge >= 0.3 is 0 Å². The number of rotatable bonds is 1. The molecule has 2 aliphatic rings. The molecular weight excluding hydrogens is 148 g/mol. The molecule has 70 valence electrons. The van der Waals surface area contributed by atoms with Crippen LogP contribution in [-0.4, -0.2) is 37.6 Å². The molecule has 0 amide bonds. The quantitative estimate of drug-likeness (QED) is 0.630. The van der Waals surface area contributed by atoms with E-state index in [4.69, 9.17) is 0 Å². The molecule has 2 saturated heterocycles. The van der Waals surface area contributed by atoms with Crippen LogP contribution in [0.3, 0.4) is 0 Å². The fourth-order valence-corrected chi connectivity index (χ4v) is 2.74. The Balaban J connectivity index is 1.89. The van der Waals surface area contributed by atoms with Crippen molar-refractivity contribution in [3.8, 4) is 0 Å². The first-order valence-electron chi connectivity index (χ1n) is 5.29. The highest BCUT2D eigenvalue weighted by molar-refractivity contribution is 4.86. The summed E-state index contributed by atoms with van der Waals surface area (Å²) in [6.07, 6.45) is 5.68. The summed E-state index contributed by atoms with van der Waals surface area (Å²) < 4.78 is 0. The van der Waals surface area contributed by atoms with Gasteiger partial charge in [0.15, 0.2) is 0 Å². The molecule has 2 aliphatic heterocycles. The average molecular weight is 168 g/mol. The van der Waals surface area contributed by atoms with Crippen molar-refractivity contribution in [2.75, 3.05) is 26.7 Å². The van der Waals surface area contributed by atoms with E-state index in [1.54, 1.807) is 0 Å². The van der Waals surface area contributed by atoms with Crippen molar-refractivity contribution >= 4 is 0 Å². The minimum Gasteiger partial charge on any atom is -0.316 e. The maximum atomic E-state index is 3.51. The highest BCUT2D eigenvalue weighted by Crippen LogP contribution is 2.26. The molecule has 2 atom stereocenters. The first-order chi connectivity index (χ1) is 5.88. The molecule has 0 spiro atoms. The number of likely N-dealkylation sites (tertiary alicyclic amines) is 1. The van der Waals surface area contributed by atoms with Crippen LogP contribution in [0.5, 0.6) is 0 Å². The smallest absolute Gasteiger partial charge is 0.0133 e. The summed E-state index contributed by atoms with van der Waals surface area (Å²) in [7, 11) is 2.28. The van der Waals surface area contributed by atoms with E-state index in [0.717, 1.165) is 12.0 Å². The summed E-state index contributed by atoms with van der Waals surface area (Å²) in [6, 6.07) is 0.887. The maximum absolute atomic E-state index is 3.51. The second kappa shape index (κ2) is 3.75. The minimum atomic E-state index is 0.887. The van der Waals surface area contributed by atoms with E-state index in [1.165, 1.54) is 45.3 Å². The Kier molecular flexibility index (Phi) is 2.66. The molecule has 1 N–H and O–H groups in total. The lowest BCUT2D eigenvalue weighted by Crippen LogP contribution is -2.41. The molecule has 2 nitrogen and oxygen atoms in total. The zero-order chi connectivity index (χ0) is 8.39. The maximum Gasteiger partial charge on any atom is 0.0133 e. The summed E-state index contributed by atoms with van der Waals surface area (Å²) in [5.74, 6) is 0.936. The summed E-state index contributed by atoms with van der Waals surface area (Å²) in [5, 5.41) is 3.51. The molecule has 0 bridgehead atoms. The number of hydrogen-bond donors (Lipinski definition) is 1. The fourth-order valence-electron chi connectivity index (χ4n) is 2.74. The molecule has 0 aromatic carbocycles. The van der Waals surface area contributed by atoms with Crippen molar-refractivity contribution in [3.05, 3.63) is 0 Å². The average Bonchev–Trinajstić information content (AvgIpc) is 2.53. The monoisotopic (exact) mass is 168 g/mol. The predicted molar refractivity (Wildman–Crippen MR) is 51.2 cm³/mol. The third-order valence-corrected chi connectivity index (χ3v) is 3.46. The minimum absolute atomic E-state index is 0.887. The molecule has 0 unspecified atom stereocenters. The van der Waals surface area contributed by atoms with E-state index >= 15 is 0 Å². The Bertz CT molecular complexity index is 141. The topological polar surface area (TPSA) is 15.3 Å². The largest absolute Gasteiger partial charge is 0.316 e. The molecule has 2 rings (SSSR count). The van der Waals surface area contributed by atoms with Gasteiger partial charge in [-0.1, -0.05) is 0 Å². The van der Waals surface area contributed by atoms with E-state index in [1.807, 2.05) is 0 Å². The molecule has 0 radical (unpaired) electrons.